The average Bonchev–Trinajstić information content (AvgIpc) is 2.30. The minimum Gasteiger partial charge on any atom is -0.462 e. The Balaban J connectivity index is 2.89. The first kappa shape index (κ1) is 9.26. The van der Waals surface area contributed by atoms with Crippen LogP contribution < -0.4 is 0 Å². The minimum atomic E-state index is -0.191. The molecule has 1 rings (SSSR count). The molecule has 0 spiro atoms. The molecular weight excluding hydrogens is 276 g/mol. The number of hydrogen-bond donors (Lipinski definition) is 0. The lowest BCUT2D eigenvalue weighted by atomic mass is 10.1. The molecule has 0 aromatic carbocycles. The van der Waals surface area contributed by atoms with Gasteiger partial charge < -0.3 is 4.74 Å². The quantitative estimate of drug-likeness (QED) is 0.419. The Labute approximate surface area is 82.2 Å². The molecule has 1 fully saturated rings. The first-order valence-corrected chi connectivity index (χ1v) is 5.17. The summed E-state index contributed by atoms with van der Waals surface area (Å²) in [5.74, 6) is 0.0192. The lowest BCUT2D eigenvalue weighted by Crippen LogP contribution is -2.05. The van der Waals surface area contributed by atoms with Gasteiger partial charge in [-0.2, -0.15) is 0 Å². The predicted molar refractivity (Wildman–Crippen MR) is 49.9 cm³/mol. The van der Waals surface area contributed by atoms with Gasteiger partial charge in [0.2, 0.25) is 0 Å². The molecule has 0 saturated carbocycles. The standard InChI is InChI=1S/C7H8Br2O2/c1-4(9)6-5(2-8)3-11-7(6)10/h5H,2-3H2,1H3/b6-4-. The summed E-state index contributed by atoms with van der Waals surface area (Å²) in [7, 11) is 0. The summed E-state index contributed by atoms with van der Waals surface area (Å²) in [5, 5.41) is 0.775. The number of hydrogen-bond acceptors (Lipinski definition) is 2. The van der Waals surface area contributed by atoms with Crippen LogP contribution in [-0.2, 0) is 9.53 Å². The van der Waals surface area contributed by atoms with Crippen molar-refractivity contribution in [3.63, 3.8) is 0 Å². The van der Waals surface area contributed by atoms with Gasteiger partial charge in [0.25, 0.3) is 0 Å². The molecule has 0 N–H and O–H groups in total. The Morgan fingerprint density at radius 1 is 1.82 bits per heavy atom. The molecule has 0 aromatic rings. The third-order valence-corrected chi connectivity index (χ3v) is 2.81. The van der Waals surface area contributed by atoms with E-state index in [9.17, 15) is 4.79 Å². The molecule has 62 valence electrons. The number of carbonyl (C=O) groups excluding carboxylic acids is 1. The van der Waals surface area contributed by atoms with Gasteiger partial charge in [0, 0.05) is 15.7 Å². The van der Waals surface area contributed by atoms with Gasteiger partial charge in [-0.1, -0.05) is 31.9 Å². The van der Waals surface area contributed by atoms with E-state index in [1.54, 1.807) is 0 Å². The fraction of sp³-hybridized carbons (Fsp3) is 0.571. The van der Waals surface area contributed by atoms with Crippen molar-refractivity contribution in [1.82, 2.24) is 0 Å². The molecule has 1 aliphatic heterocycles. The third kappa shape index (κ3) is 1.85. The second-order valence-electron chi connectivity index (χ2n) is 2.40. The highest BCUT2D eigenvalue weighted by atomic mass is 79.9. The second-order valence-corrected chi connectivity index (χ2v) is 4.23. The molecule has 4 heteroatoms. The largest absolute Gasteiger partial charge is 0.462 e. The molecule has 1 unspecified atom stereocenters. The smallest absolute Gasteiger partial charge is 0.335 e. The third-order valence-electron chi connectivity index (χ3n) is 1.60. The number of allylic oxidation sites excluding steroid dienone is 1. The van der Waals surface area contributed by atoms with Crippen LogP contribution in [0.2, 0.25) is 0 Å². The number of carbonyl (C=O) groups is 1. The van der Waals surface area contributed by atoms with E-state index in [4.69, 9.17) is 4.74 Å². The van der Waals surface area contributed by atoms with Gasteiger partial charge in [0.1, 0.15) is 0 Å². The number of cyclic esters (lactones) is 1. The van der Waals surface area contributed by atoms with Gasteiger partial charge in [-0.3, -0.25) is 0 Å². The molecule has 1 aliphatic rings. The van der Waals surface area contributed by atoms with Gasteiger partial charge in [0.05, 0.1) is 12.2 Å². The highest BCUT2D eigenvalue weighted by Crippen LogP contribution is 2.28. The van der Waals surface area contributed by atoms with E-state index in [1.807, 2.05) is 6.92 Å². The summed E-state index contributed by atoms with van der Waals surface area (Å²) in [5.41, 5.74) is 0.766. The van der Waals surface area contributed by atoms with Crippen molar-refractivity contribution in [3.05, 3.63) is 10.1 Å². The van der Waals surface area contributed by atoms with Gasteiger partial charge in [-0.25, -0.2) is 4.79 Å². The lowest BCUT2D eigenvalue weighted by Gasteiger charge is -2.02. The van der Waals surface area contributed by atoms with Crippen LogP contribution in [0, 0.1) is 5.92 Å². The maximum Gasteiger partial charge on any atom is 0.335 e. The monoisotopic (exact) mass is 282 g/mol. The van der Waals surface area contributed by atoms with Crippen LogP contribution in [-0.4, -0.2) is 17.9 Å². The Morgan fingerprint density at radius 2 is 2.45 bits per heavy atom. The van der Waals surface area contributed by atoms with Crippen molar-refractivity contribution in [2.24, 2.45) is 5.92 Å². The Kier molecular flexibility index (Phi) is 3.13. The van der Waals surface area contributed by atoms with Crippen molar-refractivity contribution in [3.8, 4) is 0 Å². The maximum atomic E-state index is 11.1. The first-order chi connectivity index (χ1) is 5.16. The Morgan fingerprint density at radius 3 is 2.82 bits per heavy atom. The molecular formula is C7H8Br2O2. The van der Waals surface area contributed by atoms with E-state index >= 15 is 0 Å². The van der Waals surface area contributed by atoms with Gasteiger partial charge in [0.15, 0.2) is 0 Å². The Hall–Kier alpha value is 0.170. The van der Waals surface area contributed by atoms with Crippen molar-refractivity contribution >= 4 is 37.8 Å². The van der Waals surface area contributed by atoms with E-state index in [0.29, 0.717) is 6.61 Å². The van der Waals surface area contributed by atoms with E-state index < -0.39 is 0 Å². The molecule has 2 nitrogen and oxygen atoms in total. The van der Waals surface area contributed by atoms with Crippen LogP contribution in [0.15, 0.2) is 10.1 Å². The highest BCUT2D eigenvalue weighted by molar-refractivity contribution is 9.11. The van der Waals surface area contributed by atoms with Crippen molar-refractivity contribution in [1.29, 1.82) is 0 Å². The maximum absolute atomic E-state index is 11.1. The lowest BCUT2D eigenvalue weighted by molar-refractivity contribution is -0.135. The SMILES string of the molecule is C/C(Br)=C1/C(=O)OCC1CBr. The zero-order valence-electron chi connectivity index (χ0n) is 6.06. The highest BCUT2D eigenvalue weighted by Gasteiger charge is 2.30. The van der Waals surface area contributed by atoms with Crippen LogP contribution in [0.4, 0.5) is 0 Å². The minimum absolute atomic E-state index is 0.191. The van der Waals surface area contributed by atoms with E-state index in [-0.39, 0.29) is 11.9 Å². The van der Waals surface area contributed by atoms with E-state index in [2.05, 4.69) is 31.9 Å². The first-order valence-electron chi connectivity index (χ1n) is 3.26. The zero-order chi connectivity index (χ0) is 8.43. The zero-order valence-corrected chi connectivity index (χ0v) is 9.24. The summed E-state index contributed by atoms with van der Waals surface area (Å²) in [6.07, 6.45) is 0. The van der Waals surface area contributed by atoms with Crippen LogP contribution in [0.5, 0.6) is 0 Å². The molecule has 1 atom stereocenters. The summed E-state index contributed by atoms with van der Waals surface area (Å²) < 4.78 is 5.75. The molecule has 0 aliphatic carbocycles. The predicted octanol–water partition coefficient (Wildman–Crippen LogP) is 2.22. The summed E-state index contributed by atoms with van der Waals surface area (Å²) in [6, 6.07) is 0. The Bertz CT molecular complexity index is 206. The molecule has 1 heterocycles. The number of halogens is 2. The van der Waals surface area contributed by atoms with E-state index in [1.165, 1.54) is 0 Å². The number of alkyl halides is 1. The molecule has 1 saturated heterocycles. The molecule has 11 heavy (non-hydrogen) atoms. The summed E-state index contributed by atoms with van der Waals surface area (Å²) >= 11 is 6.61. The number of rotatable bonds is 1. The number of esters is 1. The summed E-state index contributed by atoms with van der Waals surface area (Å²) in [6.45, 7) is 2.36. The fourth-order valence-electron chi connectivity index (χ4n) is 1.05. The summed E-state index contributed by atoms with van der Waals surface area (Å²) in [4.78, 5) is 11.1. The molecule has 0 bridgehead atoms. The van der Waals surface area contributed by atoms with Gasteiger partial charge >= 0.3 is 5.97 Å². The number of ether oxygens (including phenoxy) is 1. The van der Waals surface area contributed by atoms with Crippen LogP contribution >= 0.6 is 31.9 Å². The fourth-order valence-corrected chi connectivity index (χ4v) is 2.04. The second kappa shape index (κ2) is 3.72. The molecule has 0 radical (unpaired) electrons. The molecule has 0 aromatic heterocycles. The van der Waals surface area contributed by atoms with Crippen LogP contribution in [0.1, 0.15) is 6.92 Å². The normalized spacial score (nSPS) is 28.6. The van der Waals surface area contributed by atoms with Crippen molar-refractivity contribution in [2.45, 2.75) is 6.92 Å². The molecule has 0 amide bonds. The van der Waals surface area contributed by atoms with Gasteiger partial charge in [-0.05, 0) is 6.92 Å². The van der Waals surface area contributed by atoms with Crippen molar-refractivity contribution in [2.75, 3.05) is 11.9 Å². The van der Waals surface area contributed by atoms with Crippen LogP contribution in [0.25, 0.3) is 0 Å². The van der Waals surface area contributed by atoms with E-state index in [0.717, 1.165) is 15.4 Å². The van der Waals surface area contributed by atoms with Crippen molar-refractivity contribution < 1.29 is 9.53 Å². The van der Waals surface area contributed by atoms with Gasteiger partial charge in [-0.15, -0.1) is 0 Å². The topological polar surface area (TPSA) is 26.3 Å². The van der Waals surface area contributed by atoms with Crippen LogP contribution in [0.3, 0.4) is 0 Å². The average molecular weight is 284 g/mol.